The van der Waals surface area contributed by atoms with Gasteiger partial charge in [-0.15, -0.1) is 0 Å². The van der Waals surface area contributed by atoms with Crippen LogP contribution in [0.25, 0.3) is 0 Å². The number of hydrogen-bond acceptors (Lipinski definition) is 3. The number of aromatic nitrogens is 2. The van der Waals surface area contributed by atoms with Crippen molar-refractivity contribution in [2.45, 2.75) is 57.7 Å². The standard InChI is InChI=1S/C16H26N4/c1-16(2,3)15-6-10(18-19-15)9-20-13-4-5-14(20)12-8-17-7-11(12)13/h6,11-14,17H,4-5,7-9H2,1-3H3,(H,18,19)/t11-,12+,13-,14+. The number of rotatable bonds is 2. The van der Waals surface area contributed by atoms with E-state index in [1.807, 2.05) is 0 Å². The van der Waals surface area contributed by atoms with Crippen molar-refractivity contribution in [3.63, 3.8) is 0 Å². The highest BCUT2D eigenvalue weighted by molar-refractivity contribution is 5.18. The third-order valence-corrected chi connectivity index (χ3v) is 5.66. The van der Waals surface area contributed by atoms with Gasteiger partial charge in [0.25, 0.3) is 0 Å². The van der Waals surface area contributed by atoms with Gasteiger partial charge in [0.1, 0.15) is 0 Å². The molecule has 3 fully saturated rings. The van der Waals surface area contributed by atoms with Gasteiger partial charge in [-0.05, 0) is 43.8 Å². The van der Waals surface area contributed by atoms with Gasteiger partial charge in [-0.1, -0.05) is 20.8 Å². The molecule has 2 N–H and O–H groups in total. The summed E-state index contributed by atoms with van der Waals surface area (Å²) in [5.41, 5.74) is 2.61. The lowest BCUT2D eigenvalue weighted by molar-refractivity contribution is 0.216. The van der Waals surface area contributed by atoms with E-state index in [9.17, 15) is 0 Å². The van der Waals surface area contributed by atoms with Crippen LogP contribution in [0.1, 0.15) is 45.0 Å². The Labute approximate surface area is 121 Å². The molecule has 1 aromatic heterocycles. The first kappa shape index (κ1) is 12.8. The summed E-state index contributed by atoms with van der Waals surface area (Å²) < 4.78 is 0. The Morgan fingerprint density at radius 3 is 2.40 bits per heavy atom. The van der Waals surface area contributed by atoms with Crippen molar-refractivity contribution in [2.24, 2.45) is 11.8 Å². The predicted molar refractivity (Wildman–Crippen MR) is 79.5 cm³/mol. The molecule has 0 amide bonds. The van der Waals surface area contributed by atoms with Crippen LogP contribution >= 0.6 is 0 Å². The average molecular weight is 274 g/mol. The first-order chi connectivity index (χ1) is 9.54. The summed E-state index contributed by atoms with van der Waals surface area (Å²) in [4.78, 5) is 2.76. The van der Waals surface area contributed by atoms with E-state index in [2.05, 4.69) is 47.3 Å². The van der Waals surface area contributed by atoms with E-state index < -0.39 is 0 Å². The highest BCUT2D eigenvalue weighted by Crippen LogP contribution is 2.47. The topological polar surface area (TPSA) is 44.0 Å². The van der Waals surface area contributed by atoms with Crippen molar-refractivity contribution >= 4 is 0 Å². The number of hydrogen-bond donors (Lipinski definition) is 2. The maximum Gasteiger partial charge on any atom is 0.0678 e. The molecule has 0 saturated carbocycles. The summed E-state index contributed by atoms with van der Waals surface area (Å²) >= 11 is 0. The summed E-state index contributed by atoms with van der Waals surface area (Å²) in [6.07, 6.45) is 2.79. The van der Waals surface area contributed by atoms with Crippen molar-refractivity contribution < 1.29 is 0 Å². The molecular formula is C16H26N4. The van der Waals surface area contributed by atoms with Crippen LogP contribution in [0.4, 0.5) is 0 Å². The average Bonchev–Trinajstić information content (AvgIpc) is 3.09. The minimum Gasteiger partial charge on any atom is -0.316 e. The molecule has 1 aromatic rings. The van der Waals surface area contributed by atoms with Gasteiger partial charge in [-0.3, -0.25) is 10.00 Å². The summed E-state index contributed by atoms with van der Waals surface area (Å²) in [7, 11) is 0. The Morgan fingerprint density at radius 1 is 1.20 bits per heavy atom. The molecule has 0 aliphatic carbocycles. The van der Waals surface area contributed by atoms with Crippen LogP contribution in [-0.4, -0.2) is 40.3 Å². The molecule has 0 radical (unpaired) electrons. The van der Waals surface area contributed by atoms with Crippen molar-refractivity contribution in [3.05, 3.63) is 17.5 Å². The molecule has 4 atom stereocenters. The monoisotopic (exact) mass is 274 g/mol. The summed E-state index contributed by atoms with van der Waals surface area (Å²) in [6, 6.07) is 3.88. The van der Waals surface area contributed by atoms with Crippen LogP contribution in [0, 0.1) is 11.8 Å². The van der Waals surface area contributed by atoms with E-state index in [4.69, 9.17) is 0 Å². The molecule has 3 aliphatic rings. The van der Waals surface area contributed by atoms with Gasteiger partial charge in [-0.2, -0.15) is 5.10 Å². The minimum atomic E-state index is 0.138. The fourth-order valence-electron chi connectivity index (χ4n) is 4.66. The highest BCUT2D eigenvalue weighted by Gasteiger charge is 2.54. The normalized spacial score (nSPS) is 36.8. The first-order valence-corrected chi connectivity index (χ1v) is 8.05. The minimum absolute atomic E-state index is 0.138. The van der Waals surface area contributed by atoms with Gasteiger partial charge in [0.05, 0.1) is 5.69 Å². The fourth-order valence-corrected chi connectivity index (χ4v) is 4.66. The molecule has 110 valence electrons. The smallest absolute Gasteiger partial charge is 0.0678 e. The van der Waals surface area contributed by atoms with Gasteiger partial charge in [-0.25, -0.2) is 0 Å². The van der Waals surface area contributed by atoms with Gasteiger partial charge < -0.3 is 5.32 Å². The Morgan fingerprint density at radius 2 is 1.85 bits per heavy atom. The van der Waals surface area contributed by atoms with Crippen LogP contribution in [0.5, 0.6) is 0 Å². The van der Waals surface area contributed by atoms with E-state index in [1.165, 1.54) is 37.3 Å². The zero-order valence-corrected chi connectivity index (χ0v) is 12.8. The molecule has 0 spiro atoms. The quantitative estimate of drug-likeness (QED) is 0.865. The van der Waals surface area contributed by atoms with Crippen molar-refractivity contribution in [1.82, 2.24) is 20.4 Å². The summed E-state index contributed by atoms with van der Waals surface area (Å²) in [5.74, 6) is 1.80. The second kappa shape index (κ2) is 4.31. The molecule has 0 unspecified atom stereocenters. The Kier molecular flexibility index (Phi) is 2.77. The van der Waals surface area contributed by atoms with E-state index in [1.54, 1.807) is 0 Å². The Hall–Kier alpha value is -0.870. The van der Waals surface area contributed by atoms with E-state index >= 15 is 0 Å². The predicted octanol–water partition coefficient (Wildman–Crippen LogP) is 1.89. The Bertz CT molecular complexity index is 483. The number of nitrogens with one attached hydrogen (secondary N) is 2. The van der Waals surface area contributed by atoms with Crippen LogP contribution in [0.15, 0.2) is 6.07 Å². The maximum absolute atomic E-state index is 4.51. The number of H-pyrrole nitrogens is 1. The number of fused-ring (bicyclic) bond motifs is 5. The number of nitrogens with zero attached hydrogens (tertiary/aromatic N) is 2. The van der Waals surface area contributed by atoms with Crippen molar-refractivity contribution in [3.8, 4) is 0 Å². The third-order valence-electron chi connectivity index (χ3n) is 5.66. The molecule has 4 heteroatoms. The molecule has 3 aliphatic heterocycles. The van der Waals surface area contributed by atoms with Gasteiger partial charge >= 0.3 is 0 Å². The van der Waals surface area contributed by atoms with E-state index in [0.29, 0.717) is 0 Å². The highest BCUT2D eigenvalue weighted by atomic mass is 15.3. The maximum atomic E-state index is 4.51. The number of aromatic amines is 1. The van der Waals surface area contributed by atoms with Crippen molar-refractivity contribution in [1.29, 1.82) is 0 Å². The second-order valence-electron chi connectivity index (χ2n) is 7.90. The molecule has 4 nitrogen and oxygen atoms in total. The summed E-state index contributed by atoms with van der Waals surface area (Å²) in [5, 5.41) is 11.4. The van der Waals surface area contributed by atoms with Gasteiger partial charge in [0, 0.05) is 29.7 Å². The van der Waals surface area contributed by atoms with Crippen LogP contribution in [0.3, 0.4) is 0 Å². The lowest BCUT2D eigenvalue weighted by Crippen LogP contribution is -2.33. The van der Waals surface area contributed by atoms with Crippen molar-refractivity contribution in [2.75, 3.05) is 13.1 Å². The molecular weight excluding hydrogens is 248 g/mol. The van der Waals surface area contributed by atoms with Crippen LogP contribution in [-0.2, 0) is 12.0 Å². The first-order valence-electron chi connectivity index (χ1n) is 8.05. The zero-order chi connectivity index (χ0) is 13.9. The zero-order valence-electron chi connectivity index (χ0n) is 12.8. The second-order valence-corrected chi connectivity index (χ2v) is 7.90. The Balaban J connectivity index is 1.51. The lowest BCUT2D eigenvalue weighted by atomic mass is 9.82. The molecule has 4 heterocycles. The van der Waals surface area contributed by atoms with E-state index in [0.717, 1.165) is 30.5 Å². The van der Waals surface area contributed by atoms with E-state index in [-0.39, 0.29) is 5.41 Å². The largest absolute Gasteiger partial charge is 0.316 e. The third kappa shape index (κ3) is 1.85. The molecule has 4 rings (SSSR count). The lowest BCUT2D eigenvalue weighted by Gasteiger charge is -2.23. The van der Waals surface area contributed by atoms with Crippen LogP contribution in [0.2, 0.25) is 0 Å². The molecule has 2 bridgehead atoms. The van der Waals surface area contributed by atoms with Crippen LogP contribution < -0.4 is 5.32 Å². The molecule has 20 heavy (non-hydrogen) atoms. The molecule has 0 aromatic carbocycles. The van der Waals surface area contributed by atoms with Gasteiger partial charge in [0.15, 0.2) is 0 Å². The summed E-state index contributed by atoms with van der Waals surface area (Å²) in [6.45, 7) is 10.2. The SMILES string of the molecule is CC(C)(C)c1cc(CN2[C@@H]3CC[C@H]2[C@H]2CNC[C@H]23)[nH]n1. The van der Waals surface area contributed by atoms with Gasteiger partial charge in [0.2, 0.25) is 0 Å². The fraction of sp³-hybridized carbons (Fsp3) is 0.812. The molecule has 3 saturated heterocycles.